The molecule has 0 aliphatic heterocycles. The molecular formula is C15H14N3O4-. The van der Waals surface area contributed by atoms with Gasteiger partial charge < -0.3 is 20.0 Å². The van der Waals surface area contributed by atoms with Crippen LogP contribution in [-0.4, -0.2) is 35.5 Å². The predicted molar refractivity (Wildman–Crippen MR) is 75.4 cm³/mol. The zero-order chi connectivity index (χ0) is 15.9. The molecular weight excluding hydrogens is 286 g/mol. The predicted octanol–water partition coefficient (Wildman–Crippen LogP) is -0.179. The number of aromatic carboxylic acids is 1. The standard InChI is InChI=1S/C15H15N3O4/c1-22-11-4-2-10(3-5-11)6-7-18-14(19)12-13(15(20)21)17-9-8-16-12/h2-5,8-9H,6-7H2,1H3,(H,18,19)(H,20,21)/p-1. The number of ether oxygens (including phenoxy) is 1. The molecule has 0 atom stereocenters. The van der Waals surface area contributed by atoms with E-state index in [-0.39, 0.29) is 5.69 Å². The molecule has 0 aliphatic rings. The maximum Gasteiger partial charge on any atom is 0.272 e. The zero-order valence-corrected chi connectivity index (χ0v) is 11.9. The Labute approximate surface area is 127 Å². The maximum absolute atomic E-state index is 11.9. The molecule has 1 aromatic heterocycles. The lowest BCUT2D eigenvalue weighted by Crippen LogP contribution is -2.32. The van der Waals surface area contributed by atoms with Crippen LogP contribution in [0.5, 0.6) is 5.75 Å². The van der Waals surface area contributed by atoms with Gasteiger partial charge in [-0.05, 0) is 24.1 Å². The molecule has 0 fully saturated rings. The van der Waals surface area contributed by atoms with Gasteiger partial charge in [0.25, 0.3) is 5.91 Å². The molecule has 0 saturated carbocycles. The number of benzene rings is 1. The highest BCUT2D eigenvalue weighted by atomic mass is 16.5. The van der Waals surface area contributed by atoms with E-state index in [1.807, 2.05) is 24.3 Å². The Bertz CT molecular complexity index is 671. The molecule has 1 heterocycles. The summed E-state index contributed by atoms with van der Waals surface area (Å²) in [6.07, 6.45) is 3.04. The van der Waals surface area contributed by atoms with Gasteiger partial charge in [0.05, 0.1) is 13.1 Å². The molecule has 1 amide bonds. The quantitative estimate of drug-likeness (QED) is 0.793. The van der Waals surface area contributed by atoms with Crippen molar-refractivity contribution in [1.29, 1.82) is 0 Å². The topological polar surface area (TPSA) is 104 Å². The average molecular weight is 300 g/mol. The summed E-state index contributed by atoms with van der Waals surface area (Å²) in [4.78, 5) is 30.1. The number of nitrogens with zero attached hydrogens (tertiary/aromatic N) is 2. The molecule has 0 unspecified atom stereocenters. The number of hydrogen-bond acceptors (Lipinski definition) is 6. The Morgan fingerprint density at radius 1 is 1.14 bits per heavy atom. The number of rotatable bonds is 6. The summed E-state index contributed by atoms with van der Waals surface area (Å²) in [6.45, 7) is 0.341. The Morgan fingerprint density at radius 2 is 1.77 bits per heavy atom. The SMILES string of the molecule is COc1ccc(CCNC(=O)c2nccnc2C(=O)[O-])cc1. The molecule has 1 N–H and O–H groups in total. The fourth-order valence-corrected chi connectivity index (χ4v) is 1.85. The molecule has 7 heteroatoms. The van der Waals surface area contributed by atoms with Crippen molar-refractivity contribution in [2.24, 2.45) is 0 Å². The van der Waals surface area contributed by atoms with Crippen molar-refractivity contribution in [1.82, 2.24) is 15.3 Å². The van der Waals surface area contributed by atoms with Crippen LogP contribution in [0.2, 0.25) is 0 Å². The van der Waals surface area contributed by atoms with E-state index in [2.05, 4.69) is 15.3 Å². The second-order valence-electron chi connectivity index (χ2n) is 4.39. The molecule has 2 rings (SSSR count). The Kier molecular flexibility index (Phi) is 5.02. The minimum atomic E-state index is -1.53. The van der Waals surface area contributed by atoms with E-state index in [1.54, 1.807) is 7.11 Å². The van der Waals surface area contributed by atoms with Gasteiger partial charge in [0.2, 0.25) is 0 Å². The number of aromatic nitrogens is 2. The van der Waals surface area contributed by atoms with Gasteiger partial charge >= 0.3 is 0 Å². The van der Waals surface area contributed by atoms with Crippen molar-refractivity contribution in [2.75, 3.05) is 13.7 Å². The summed E-state index contributed by atoms with van der Waals surface area (Å²) in [5.74, 6) is -1.37. The number of nitrogens with one attached hydrogen (secondary N) is 1. The van der Waals surface area contributed by atoms with E-state index in [9.17, 15) is 14.7 Å². The van der Waals surface area contributed by atoms with Gasteiger partial charge in [-0.15, -0.1) is 0 Å². The molecule has 0 aliphatic carbocycles. The molecule has 2 aromatic rings. The number of carboxylic acids is 1. The second kappa shape index (κ2) is 7.16. The van der Waals surface area contributed by atoms with Gasteiger partial charge in [-0.25, -0.2) is 4.98 Å². The number of methoxy groups -OCH3 is 1. The van der Waals surface area contributed by atoms with E-state index in [4.69, 9.17) is 4.74 Å². The van der Waals surface area contributed by atoms with Crippen molar-refractivity contribution in [3.05, 3.63) is 53.6 Å². The van der Waals surface area contributed by atoms with Crippen LogP contribution < -0.4 is 15.2 Å². The summed E-state index contributed by atoms with van der Waals surface area (Å²) in [6, 6.07) is 7.43. The molecule has 114 valence electrons. The first kappa shape index (κ1) is 15.4. The Balaban J connectivity index is 1.94. The average Bonchev–Trinajstić information content (AvgIpc) is 2.55. The highest BCUT2D eigenvalue weighted by molar-refractivity contribution is 6.01. The van der Waals surface area contributed by atoms with Crippen molar-refractivity contribution < 1.29 is 19.4 Å². The van der Waals surface area contributed by atoms with Crippen LogP contribution in [-0.2, 0) is 6.42 Å². The first-order valence-corrected chi connectivity index (χ1v) is 6.55. The number of carbonyl (C=O) groups excluding carboxylic acids is 2. The van der Waals surface area contributed by atoms with Gasteiger partial charge in [-0.3, -0.25) is 9.78 Å². The van der Waals surface area contributed by atoms with Crippen LogP contribution in [0.25, 0.3) is 0 Å². The minimum Gasteiger partial charge on any atom is -0.543 e. The number of amides is 1. The number of carboxylic acid groups (broad SMARTS) is 1. The summed E-state index contributed by atoms with van der Waals surface area (Å²) in [5, 5.41) is 13.5. The third-order valence-corrected chi connectivity index (χ3v) is 2.96. The summed E-state index contributed by atoms with van der Waals surface area (Å²) in [7, 11) is 1.59. The Hall–Kier alpha value is -2.96. The lowest BCUT2D eigenvalue weighted by molar-refractivity contribution is -0.255. The van der Waals surface area contributed by atoms with Crippen LogP contribution in [0.4, 0.5) is 0 Å². The van der Waals surface area contributed by atoms with Crippen LogP contribution in [0.1, 0.15) is 26.5 Å². The van der Waals surface area contributed by atoms with E-state index in [0.717, 1.165) is 11.3 Å². The molecule has 7 nitrogen and oxygen atoms in total. The molecule has 0 bridgehead atoms. The van der Waals surface area contributed by atoms with Crippen LogP contribution in [0.3, 0.4) is 0 Å². The van der Waals surface area contributed by atoms with Gasteiger partial charge in [0.15, 0.2) is 5.69 Å². The van der Waals surface area contributed by atoms with Crippen molar-refractivity contribution >= 4 is 11.9 Å². The molecule has 22 heavy (non-hydrogen) atoms. The van der Waals surface area contributed by atoms with Crippen LogP contribution in [0.15, 0.2) is 36.7 Å². The smallest absolute Gasteiger partial charge is 0.272 e. The lowest BCUT2D eigenvalue weighted by atomic mass is 10.1. The van der Waals surface area contributed by atoms with Crippen molar-refractivity contribution in [3.63, 3.8) is 0 Å². The molecule has 0 spiro atoms. The molecule has 1 aromatic carbocycles. The summed E-state index contributed by atoms with van der Waals surface area (Å²) >= 11 is 0. The molecule has 0 radical (unpaired) electrons. The normalized spacial score (nSPS) is 10.0. The fourth-order valence-electron chi connectivity index (χ4n) is 1.85. The number of carbonyl (C=O) groups is 2. The summed E-state index contributed by atoms with van der Waals surface area (Å²) in [5.41, 5.74) is 0.294. The largest absolute Gasteiger partial charge is 0.543 e. The highest BCUT2D eigenvalue weighted by Crippen LogP contribution is 2.11. The van der Waals surface area contributed by atoms with E-state index in [0.29, 0.717) is 13.0 Å². The van der Waals surface area contributed by atoms with Crippen LogP contribution in [0, 0.1) is 0 Å². The highest BCUT2D eigenvalue weighted by Gasteiger charge is 2.14. The van der Waals surface area contributed by atoms with Gasteiger partial charge in [-0.1, -0.05) is 12.1 Å². The summed E-state index contributed by atoms with van der Waals surface area (Å²) < 4.78 is 5.06. The lowest BCUT2D eigenvalue weighted by Gasteiger charge is -2.09. The van der Waals surface area contributed by atoms with E-state index in [1.165, 1.54) is 12.4 Å². The monoisotopic (exact) mass is 300 g/mol. The van der Waals surface area contributed by atoms with Crippen LogP contribution >= 0.6 is 0 Å². The first-order chi connectivity index (χ1) is 10.6. The minimum absolute atomic E-state index is 0.253. The third-order valence-electron chi connectivity index (χ3n) is 2.96. The fraction of sp³-hybridized carbons (Fsp3) is 0.200. The zero-order valence-electron chi connectivity index (χ0n) is 11.9. The van der Waals surface area contributed by atoms with Crippen molar-refractivity contribution in [3.8, 4) is 5.75 Å². The van der Waals surface area contributed by atoms with Gasteiger partial charge in [0, 0.05) is 18.9 Å². The van der Waals surface area contributed by atoms with E-state index >= 15 is 0 Å². The maximum atomic E-state index is 11.9. The van der Waals surface area contributed by atoms with Crippen molar-refractivity contribution in [2.45, 2.75) is 6.42 Å². The third kappa shape index (κ3) is 3.78. The number of hydrogen-bond donors (Lipinski definition) is 1. The van der Waals surface area contributed by atoms with Gasteiger partial charge in [-0.2, -0.15) is 0 Å². The van der Waals surface area contributed by atoms with E-state index < -0.39 is 17.6 Å². The second-order valence-corrected chi connectivity index (χ2v) is 4.39. The molecule has 0 saturated heterocycles. The van der Waals surface area contributed by atoms with Gasteiger partial charge in [0.1, 0.15) is 11.4 Å². The first-order valence-electron chi connectivity index (χ1n) is 6.55. The Morgan fingerprint density at radius 3 is 2.36 bits per heavy atom.